The molecule has 354 valence electrons. The molecule has 0 radical (unpaired) electrons. The molecule has 17 heteroatoms. The van der Waals surface area contributed by atoms with Crippen molar-refractivity contribution in [1.29, 1.82) is 0 Å². The first-order valence-corrected chi connectivity index (χ1v) is 23.5. The monoisotopic (exact) mass is 883 g/mol. The van der Waals surface area contributed by atoms with Crippen molar-refractivity contribution in [3.63, 3.8) is 0 Å². The van der Waals surface area contributed by atoms with Crippen LogP contribution in [0.25, 0.3) is 0 Å². The van der Waals surface area contributed by atoms with E-state index in [4.69, 9.17) is 33.2 Å². The Bertz CT molecular complexity index is 1610. The van der Waals surface area contributed by atoms with E-state index in [9.17, 15) is 46.0 Å². The SMILES string of the molecule is CC1CC[C@]2(NC1)OC1CC3C4CC=C5CC(OC6OC(CO)C(O)C(OC7OC(CO)C(O)C(O)C7O)C6OC6OC(C)C(O)C(O)C6O)CC[C@]5(C)C4CC[C@]3(C)C1C2C. The van der Waals surface area contributed by atoms with E-state index in [0.717, 1.165) is 38.6 Å². The Morgan fingerprint density at radius 3 is 2.05 bits per heavy atom. The second-order valence-electron chi connectivity index (χ2n) is 21.2. The molecule has 0 bridgehead atoms. The zero-order valence-electron chi connectivity index (χ0n) is 36.7. The molecule has 0 aromatic heterocycles. The van der Waals surface area contributed by atoms with Gasteiger partial charge in [-0.05, 0) is 105 Å². The van der Waals surface area contributed by atoms with Gasteiger partial charge in [0, 0.05) is 12.5 Å². The van der Waals surface area contributed by atoms with Gasteiger partial charge in [0.2, 0.25) is 0 Å². The first-order valence-electron chi connectivity index (χ1n) is 23.5. The molecular formula is C45H73NO16. The summed E-state index contributed by atoms with van der Waals surface area (Å²) in [6, 6.07) is 0. The fourth-order valence-corrected chi connectivity index (χ4v) is 14.2. The van der Waals surface area contributed by atoms with Crippen LogP contribution in [-0.4, -0.2) is 176 Å². The van der Waals surface area contributed by atoms with Crippen LogP contribution >= 0.6 is 0 Å². The van der Waals surface area contributed by atoms with Gasteiger partial charge in [-0.15, -0.1) is 0 Å². The molecule has 0 aromatic carbocycles. The number of hydrogen-bond acceptors (Lipinski definition) is 17. The Labute approximate surface area is 364 Å². The molecule has 5 saturated heterocycles. The molecule has 23 unspecified atom stereocenters. The molecule has 1 spiro atoms. The molecule has 62 heavy (non-hydrogen) atoms. The summed E-state index contributed by atoms with van der Waals surface area (Å²) < 4.78 is 43.9. The van der Waals surface area contributed by atoms with Crippen molar-refractivity contribution < 1.29 is 79.1 Å². The van der Waals surface area contributed by atoms with Crippen LogP contribution in [0.15, 0.2) is 11.6 Å². The number of ether oxygens (including phenoxy) is 7. The molecule has 0 aromatic rings. The van der Waals surface area contributed by atoms with Crippen molar-refractivity contribution in [3.05, 3.63) is 11.6 Å². The van der Waals surface area contributed by atoms with E-state index < -0.39 is 111 Å². The number of fused-ring (bicyclic) bond motifs is 7. The summed E-state index contributed by atoms with van der Waals surface area (Å²) in [5.74, 6) is 3.32. The summed E-state index contributed by atoms with van der Waals surface area (Å²) in [6.07, 6.45) is -11.9. The highest BCUT2D eigenvalue weighted by molar-refractivity contribution is 5.26. The molecule has 10 N–H and O–H groups in total. The number of nitrogens with one attached hydrogen (secondary N) is 1. The van der Waals surface area contributed by atoms with Gasteiger partial charge in [0.05, 0.1) is 31.5 Å². The lowest BCUT2D eigenvalue weighted by Crippen LogP contribution is -2.67. The zero-order chi connectivity index (χ0) is 44.2. The highest BCUT2D eigenvalue weighted by Crippen LogP contribution is 2.70. The molecule has 5 aliphatic heterocycles. The molecule has 3 saturated carbocycles. The van der Waals surface area contributed by atoms with Crippen molar-refractivity contribution in [3.8, 4) is 0 Å². The zero-order valence-corrected chi connectivity index (χ0v) is 36.7. The van der Waals surface area contributed by atoms with Gasteiger partial charge in [0.15, 0.2) is 18.9 Å². The Hall–Kier alpha value is -0.940. The van der Waals surface area contributed by atoms with Gasteiger partial charge in [-0.25, -0.2) is 0 Å². The lowest BCUT2D eigenvalue weighted by molar-refractivity contribution is -0.394. The van der Waals surface area contributed by atoms with Crippen molar-refractivity contribution in [2.75, 3.05) is 19.8 Å². The molecule has 17 nitrogen and oxygen atoms in total. The number of aliphatic hydroxyl groups is 9. The Morgan fingerprint density at radius 2 is 1.35 bits per heavy atom. The Balaban J connectivity index is 0.940. The minimum absolute atomic E-state index is 0.0361. The van der Waals surface area contributed by atoms with Crippen molar-refractivity contribution in [1.82, 2.24) is 5.32 Å². The van der Waals surface area contributed by atoms with Crippen molar-refractivity contribution >= 4 is 0 Å². The lowest BCUT2D eigenvalue weighted by Gasteiger charge is -2.59. The maximum Gasteiger partial charge on any atom is 0.187 e. The van der Waals surface area contributed by atoms with Gasteiger partial charge in [-0.3, -0.25) is 5.32 Å². The first kappa shape index (κ1) is 46.2. The standard InChI is InChI=1S/C45H73NO16/c1-19-8-13-45(46-16-19)20(2)30-27(62-45)15-26-24-7-6-22-14-23(9-11-43(22,4)25(24)10-12-44(26,30)5)57-42-39(61-40-36(54)34(52)31(49)21(3)56-40)38(33(51)29(18-48)59-42)60-41-37(55)35(53)32(50)28(17-47)58-41/h6,19-21,23-42,46-55H,7-18H2,1-5H3/t19?,20?,21?,23?,24?,25?,26?,27?,28?,29?,30?,31?,32?,33?,34?,35?,36?,37?,38?,39?,40?,41?,42?,43-,44-,45-/m0/s1. The minimum Gasteiger partial charge on any atom is -0.394 e. The van der Waals surface area contributed by atoms with Crippen molar-refractivity contribution in [2.45, 2.75) is 202 Å². The summed E-state index contributed by atoms with van der Waals surface area (Å²) in [7, 11) is 0. The van der Waals surface area contributed by atoms with E-state index in [-0.39, 0.29) is 22.7 Å². The molecule has 5 heterocycles. The Kier molecular flexibility index (Phi) is 12.9. The highest BCUT2D eigenvalue weighted by Gasteiger charge is 2.68. The van der Waals surface area contributed by atoms with Crippen LogP contribution in [0.3, 0.4) is 0 Å². The van der Waals surface area contributed by atoms with Crippen LogP contribution in [0.1, 0.15) is 92.4 Å². The van der Waals surface area contributed by atoms with Crippen LogP contribution < -0.4 is 5.32 Å². The molecule has 4 aliphatic carbocycles. The normalized spacial score (nSPS) is 57.6. The van der Waals surface area contributed by atoms with Crippen LogP contribution in [-0.2, 0) is 33.2 Å². The van der Waals surface area contributed by atoms with Crippen LogP contribution in [0, 0.1) is 46.3 Å². The molecule has 9 rings (SSSR count). The van der Waals surface area contributed by atoms with Gasteiger partial charge in [0.1, 0.15) is 72.9 Å². The summed E-state index contributed by atoms with van der Waals surface area (Å²) in [6.45, 7) is 10.8. The molecule has 9 aliphatic rings. The third kappa shape index (κ3) is 7.49. The van der Waals surface area contributed by atoms with Crippen molar-refractivity contribution in [2.24, 2.45) is 46.3 Å². The van der Waals surface area contributed by atoms with E-state index in [1.165, 1.54) is 25.3 Å². The van der Waals surface area contributed by atoms with Gasteiger partial charge in [0.25, 0.3) is 0 Å². The quantitative estimate of drug-likeness (QED) is 0.142. The second kappa shape index (κ2) is 17.3. The summed E-state index contributed by atoms with van der Waals surface area (Å²) in [5.41, 5.74) is 1.32. The van der Waals surface area contributed by atoms with Gasteiger partial charge in [-0.1, -0.05) is 39.3 Å². The molecule has 8 fully saturated rings. The third-order valence-corrected chi connectivity index (χ3v) is 17.9. The van der Waals surface area contributed by atoms with E-state index >= 15 is 0 Å². The fraction of sp³-hybridized carbons (Fsp3) is 0.956. The number of aliphatic hydroxyl groups excluding tert-OH is 9. The predicted molar refractivity (Wildman–Crippen MR) is 216 cm³/mol. The van der Waals surface area contributed by atoms with E-state index in [0.29, 0.717) is 48.3 Å². The van der Waals surface area contributed by atoms with E-state index in [2.05, 4.69) is 39.1 Å². The Morgan fingerprint density at radius 1 is 0.694 bits per heavy atom. The molecule has 26 atom stereocenters. The third-order valence-electron chi connectivity index (χ3n) is 17.9. The van der Waals surface area contributed by atoms with Crippen LogP contribution in [0.4, 0.5) is 0 Å². The smallest absolute Gasteiger partial charge is 0.187 e. The second-order valence-corrected chi connectivity index (χ2v) is 21.2. The van der Waals surface area contributed by atoms with Gasteiger partial charge in [-0.2, -0.15) is 0 Å². The average molecular weight is 884 g/mol. The van der Waals surface area contributed by atoms with Crippen LogP contribution in [0.5, 0.6) is 0 Å². The summed E-state index contributed by atoms with van der Waals surface area (Å²) in [5, 5.41) is 99.7. The van der Waals surface area contributed by atoms with Crippen LogP contribution in [0.2, 0.25) is 0 Å². The number of rotatable bonds is 8. The van der Waals surface area contributed by atoms with Gasteiger partial charge >= 0.3 is 0 Å². The average Bonchev–Trinajstić information content (AvgIpc) is 3.70. The topological polar surface area (TPSA) is 259 Å². The predicted octanol–water partition coefficient (Wildman–Crippen LogP) is -0.213. The summed E-state index contributed by atoms with van der Waals surface area (Å²) >= 11 is 0. The summed E-state index contributed by atoms with van der Waals surface area (Å²) in [4.78, 5) is 0. The number of piperidine rings is 1. The largest absolute Gasteiger partial charge is 0.394 e. The first-order chi connectivity index (χ1) is 29.4. The van der Waals surface area contributed by atoms with E-state index in [1.54, 1.807) is 0 Å². The number of allylic oxidation sites excluding steroid dienone is 1. The maximum absolute atomic E-state index is 11.6. The molecule has 0 amide bonds. The van der Waals surface area contributed by atoms with Gasteiger partial charge < -0.3 is 79.1 Å². The lowest BCUT2D eigenvalue weighted by atomic mass is 9.47. The minimum atomic E-state index is -1.84. The highest BCUT2D eigenvalue weighted by atomic mass is 16.8. The maximum atomic E-state index is 11.6. The fourth-order valence-electron chi connectivity index (χ4n) is 14.2. The number of hydrogen-bond donors (Lipinski definition) is 10. The molecular weight excluding hydrogens is 810 g/mol. The van der Waals surface area contributed by atoms with E-state index in [1.807, 2.05) is 0 Å².